The lowest BCUT2D eigenvalue weighted by molar-refractivity contribution is -0.136. The van der Waals surface area contributed by atoms with Crippen LogP contribution < -0.4 is 0 Å². The molecule has 1 aromatic heterocycles. The highest BCUT2D eigenvalue weighted by atomic mass is 16.2. The van der Waals surface area contributed by atoms with Gasteiger partial charge in [-0.2, -0.15) is 0 Å². The Morgan fingerprint density at radius 3 is 2.73 bits per heavy atom. The SMILES string of the molecule is CCCCN(Cc1cccn1Cc1cccc(C)c1)C(=O)C1CCCC1. The Labute approximate surface area is 158 Å². The average molecular weight is 353 g/mol. The number of hydrogen-bond acceptors (Lipinski definition) is 1. The largest absolute Gasteiger partial charge is 0.345 e. The highest BCUT2D eigenvalue weighted by Crippen LogP contribution is 2.27. The van der Waals surface area contributed by atoms with Crippen LogP contribution in [0.15, 0.2) is 42.6 Å². The smallest absolute Gasteiger partial charge is 0.226 e. The summed E-state index contributed by atoms with van der Waals surface area (Å²) in [5.74, 6) is 0.631. The first-order valence-corrected chi connectivity index (χ1v) is 10.2. The number of rotatable bonds is 8. The number of hydrogen-bond donors (Lipinski definition) is 0. The fourth-order valence-corrected chi connectivity index (χ4v) is 4.00. The Morgan fingerprint density at radius 2 is 2.00 bits per heavy atom. The number of carbonyl (C=O) groups excluding carboxylic acids is 1. The van der Waals surface area contributed by atoms with Crippen LogP contribution in [0.4, 0.5) is 0 Å². The molecule has 1 amide bonds. The molecule has 1 aliphatic carbocycles. The van der Waals surface area contributed by atoms with Crippen LogP contribution in [0.5, 0.6) is 0 Å². The minimum absolute atomic E-state index is 0.257. The Hall–Kier alpha value is -2.03. The molecule has 1 saturated carbocycles. The van der Waals surface area contributed by atoms with Gasteiger partial charge in [-0.25, -0.2) is 0 Å². The summed E-state index contributed by atoms with van der Waals surface area (Å²) < 4.78 is 2.29. The van der Waals surface area contributed by atoms with Gasteiger partial charge < -0.3 is 9.47 Å². The van der Waals surface area contributed by atoms with Gasteiger partial charge in [0.2, 0.25) is 5.91 Å². The predicted molar refractivity (Wildman–Crippen MR) is 107 cm³/mol. The van der Waals surface area contributed by atoms with Gasteiger partial charge in [-0.3, -0.25) is 4.79 Å². The van der Waals surface area contributed by atoms with Crippen LogP contribution in [-0.4, -0.2) is 21.9 Å². The summed E-state index contributed by atoms with van der Waals surface area (Å²) in [6.07, 6.45) is 8.91. The molecule has 1 aliphatic rings. The number of benzene rings is 1. The maximum absolute atomic E-state index is 13.0. The minimum Gasteiger partial charge on any atom is -0.345 e. The summed E-state index contributed by atoms with van der Waals surface area (Å²) in [4.78, 5) is 15.1. The van der Waals surface area contributed by atoms with E-state index in [1.165, 1.54) is 29.7 Å². The van der Waals surface area contributed by atoms with Gasteiger partial charge in [0.25, 0.3) is 0 Å². The van der Waals surface area contributed by atoms with E-state index in [4.69, 9.17) is 0 Å². The van der Waals surface area contributed by atoms with Crippen molar-refractivity contribution in [2.45, 2.75) is 65.5 Å². The van der Waals surface area contributed by atoms with Gasteiger partial charge in [0.05, 0.1) is 6.54 Å². The molecule has 0 spiro atoms. The van der Waals surface area contributed by atoms with Crippen molar-refractivity contribution in [2.24, 2.45) is 5.92 Å². The van der Waals surface area contributed by atoms with Gasteiger partial charge in [0, 0.05) is 30.9 Å². The molecule has 0 saturated heterocycles. The lowest BCUT2D eigenvalue weighted by Gasteiger charge is -2.26. The standard InChI is InChI=1S/C23H32N2O/c1-3-4-14-25(23(26)21-11-5-6-12-21)18-22-13-8-15-24(22)17-20-10-7-9-19(2)16-20/h7-10,13,15-16,21H,3-6,11-12,14,17-18H2,1-2H3. The van der Waals surface area contributed by atoms with E-state index < -0.39 is 0 Å². The van der Waals surface area contributed by atoms with E-state index in [1.807, 2.05) is 0 Å². The van der Waals surface area contributed by atoms with Gasteiger partial charge >= 0.3 is 0 Å². The zero-order valence-corrected chi connectivity index (χ0v) is 16.3. The van der Waals surface area contributed by atoms with E-state index in [0.29, 0.717) is 5.91 Å². The number of nitrogens with zero attached hydrogens (tertiary/aromatic N) is 2. The molecule has 1 heterocycles. The summed E-state index contributed by atoms with van der Waals surface area (Å²) in [5, 5.41) is 0. The molecule has 0 radical (unpaired) electrons. The summed E-state index contributed by atoms with van der Waals surface area (Å²) >= 11 is 0. The van der Waals surface area contributed by atoms with Crippen LogP contribution in [0.25, 0.3) is 0 Å². The summed E-state index contributed by atoms with van der Waals surface area (Å²) in [6, 6.07) is 12.9. The molecule has 0 aliphatic heterocycles. The molecular formula is C23H32N2O. The summed E-state index contributed by atoms with van der Waals surface area (Å²) in [5.41, 5.74) is 3.83. The molecule has 0 atom stereocenters. The average Bonchev–Trinajstić information content (AvgIpc) is 3.30. The topological polar surface area (TPSA) is 25.2 Å². The Bertz CT molecular complexity index is 713. The zero-order valence-electron chi connectivity index (χ0n) is 16.3. The number of carbonyl (C=O) groups is 1. The second kappa shape index (κ2) is 9.07. The van der Waals surface area contributed by atoms with E-state index in [-0.39, 0.29) is 5.92 Å². The van der Waals surface area contributed by atoms with Gasteiger partial charge in [-0.05, 0) is 43.9 Å². The monoisotopic (exact) mass is 352 g/mol. The van der Waals surface area contributed by atoms with Crippen LogP contribution in [0, 0.1) is 12.8 Å². The van der Waals surface area contributed by atoms with E-state index >= 15 is 0 Å². The van der Waals surface area contributed by atoms with E-state index in [9.17, 15) is 4.79 Å². The van der Waals surface area contributed by atoms with E-state index in [2.05, 4.69) is 65.9 Å². The molecular weight excluding hydrogens is 320 g/mol. The molecule has 0 unspecified atom stereocenters. The number of unbranched alkanes of at least 4 members (excludes halogenated alkanes) is 1. The second-order valence-electron chi connectivity index (χ2n) is 7.71. The molecule has 3 rings (SSSR count). The molecule has 26 heavy (non-hydrogen) atoms. The number of aromatic nitrogens is 1. The molecule has 2 aromatic rings. The highest BCUT2D eigenvalue weighted by molar-refractivity contribution is 5.79. The van der Waals surface area contributed by atoms with Gasteiger partial charge in [-0.1, -0.05) is 56.0 Å². The zero-order chi connectivity index (χ0) is 18.4. The molecule has 140 valence electrons. The van der Waals surface area contributed by atoms with Gasteiger partial charge in [0.15, 0.2) is 0 Å². The summed E-state index contributed by atoms with van der Waals surface area (Å²) in [6.45, 7) is 6.80. The van der Waals surface area contributed by atoms with Crippen LogP contribution in [0.1, 0.15) is 62.3 Å². The van der Waals surface area contributed by atoms with Crippen molar-refractivity contribution in [3.8, 4) is 0 Å². The fraction of sp³-hybridized carbons (Fsp3) is 0.522. The first-order chi connectivity index (χ1) is 12.7. The molecule has 3 nitrogen and oxygen atoms in total. The second-order valence-corrected chi connectivity index (χ2v) is 7.71. The van der Waals surface area contributed by atoms with Gasteiger partial charge in [-0.15, -0.1) is 0 Å². The quantitative estimate of drug-likeness (QED) is 0.644. The summed E-state index contributed by atoms with van der Waals surface area (Å²) in [7, 11) is 0. The number of aryl methyl sites for hydroxylation is 1. The van der Waals surface area contributed by atoms with Crippen molar-refractivity contribution in [2.75, 3.05) is 6.54 Å². The third-order valence-corrected chi connectivity index (χ3v) is 5.51. The van der Waals surface area contributed by atoms with Crippen LogP contribution >= 0.6 is 0 Å². The lowest BCUT2D eigenvalue weighted by atomic mass is 10.1. The maximum atomic E-state index is 13.0. The van der Waals surface area contributed by atoms with Gasteiger partial charge in [0.1, 0.15) is 0 Å². The molecule has 1 aromatic carbocycles. The Morgan fingerprint density at radius 1 is 1.19 bits per heavy atom. The molecule has 3 heteroatoms. The van der Waals surface area contributed by atoms with Crippen molar-refractivity contribution in [1.29, 1.82) is 0 Å². The fourth-order valence-electron chi connectivity index (χ4n) is 4.00. The van der Waals surface area contributed by atoms with E-state index in [0.717, 1.165) is 45.3 Å². The van der Waals surface area contributed by atoms with Crippen LogP contribution in [0.2, 0.25) is 0 Å². The first-order valence-electron chi connectivity index (χ1n) is 10.2. The van der Waals surface area contributed by atoms with Crippen LogP contribution in [-0.2, 0) is 17.9 Å². The van der Waals surface area contributed by atoms with E-state index in [1.54, 1.807) is 0 Å². The van der Waals surface area contributed by atoms with Crippen molar-refractivity contribution in [3.05, 3.63) is 59.4 Å². The highest BCUT2D eigenvalue weighted by Gasteiger charge is 2.27. The minimum atomic E-state index is 0.257. The molecule has 1 fully saturated rings. The maximum Gasteiger partial charge on any atom is 0.226 e. The van der Waals surface area contributed by atoms with Crippen LogP contribution in [0.3, 0.4) is 0 Å². The predicted octanol–water partition coefficient (Wildman–Crippen LogP) is 5.16. The van der Waals surface area contributed by atoms with Crippen molar-refractivity contribution in [3.63, 3.8) is 0 Å². The van der Waals surface area contributed by atoms with Crippen molar-refractivity contribution < 1.29 is 4.79 Å². The number of amides is 1. The lowest BCUT2D eigenvalue weighted by Crippen LogP contribution is -2.36. The Balaban J connectivity index is 1.72. The third-order valence-electron chi connectivity index (χ3n) is 5.51. The Kier molecular flexibility index (Phi) is 6.54. The molecule has 0 bridgehead atoms. The van der Waals surface area contributed by atoms with Crippen molar-refractivity contribution >= 4 is 5.91 Å². The third kappa shape index (κ3) is 4.78. The normalized spacial score (nSPS) is 14.7. The first kappa shape index (κ1) is 18.8. The van der Waals surface area contributed by atoms with Crippen molar-refractivity contribution in [1.82, 2.24) is 9.47 Å². The molecule has 0 N–H and O–H groups in total.